The molecule has 0 aromatic heterocycles. The largest absolute Gasteiger partial charge is 0.377 e. The van der Waals surface area contributed by atoms with Crippen molar-refractivity contribution < 1.29 is 4.74 Å². The highest BCUT2D eigenvalue weighted by Gasteiger charge is 1.84. The molecule has 0 spiro atoms. The van der Waals surface area contributed by atoms with Gasteiger partial charge >= 0.3 is 0 Å². The highest BCUT2D eigenvalue weighted by Crippen LogP contribution is 1.99. The maximum absolute atomic E-state index is 5.07. The van der Waals surface area contributed by atoms with E-state index >= 15 is 0 Å². The maximum atomic E-state index is 5.07. The molecule has 0 bridgehead atoms. The van der Waals surface area contributed by atoms with Crippen LogP contribution in [0.3, 0.4) is 0 Å². The van der Waals surface area contributed by atoms with E-state index in [2.05, 4.69) is 37.3 Å². The quantitative estimate of drug-likeness (QED) is 0.494. The number of hydrogen-bond donors (Lipinski definition) is 0. The van der Waals surface area contributed by atoms with Gasteiger partial charge in [-0.05, 0) is 18.9 Å². The highest BCUT2D eigenvalue weighted by atomic mass is 16.5. The van der Waals surface area contributed by atoms with Crippen LogP contribution in [0, 0.1) is 6.92 Å². The third kappa shape index (κ3) is 4.48. The van der Waals surface area contributed by atoms with Gasteiger partial charge in [0.1, 0.15) is 0 Å². The van der Waals surface area contributed by atoms with E-state index in [1.165, 1.54) is 5.56 Å². The molecule has 1 heteroatoms. The summed E-state index contributed by atoms with van der Waals surface area (Å²) < 4.78 is 5.07. The minimum Gasteiger partial charge on any atom is -0.377 e. The molecule has 1 radical (unpaired) electrons. The van der Waals surface area contributed by atoms with Crippen molar-refractivity contribution in [2.24, 2.45) is 0 Å². The van der Waals surface area contributed by atoms with Crippen LogP contribution in [0.25, 0.3) is 0 Å². The molecule has 0 aliphatic rings. The molecule has 1 nitrogen and oxygen atoms in total. The van der Waals surface area contributed by atoms with Crippen molar-refractivity contribution in [1.82, 2.24) is 0 Å². The predicted molar refractivity (Wildman–Crippen MR) is 55.5 cm³/mol. The van der Waals surface area contributed by atoms with Gasteiger partial charge in [-0.3, -0.25) is 0 Å². The summed E-state index contributed by atoms with van der Waals surface area (Å²) in [4.78, 5) is 0. The lowest BCUT2D eigenvalue weighted by Gasteiger charge is -1.95. The fourth-order valence-corrected chi connectivity index (χ4v) is 1.05. The molecule has 0 unspecified atom stereocenters. The van der Waals surface area contributed by atoms with E-state index in [0.717, 1.165) is 6.42 Å². The summed E-state index contributed by atoms with van der Waals surface area (Å²) in [5.41, 5.74) is 1.33. The van der Waals surface area contributed by atoms with Gasteiger partial charge in [-0.25, -0.2) is 0 Å². The van der Waals surface area contributed by atoms with Gasteiger partial charge in [-0.2, -0.15) is 0 Å². The first-order valence-electron chi connectivity index (χ1n) is 4.49. The summed E-state index contributed by atoms with van der Waals surface area (Å²) in [6, 6.07) is 10.4. The molecule has 0 atom stereocenters. The van der Waals surface area contributed by atoms with Gasteiger partial charge in [-0.15, -0.1) is 0 Å². The van der Waals surface area contributed by atoms with E-state index in [1.807, 2.05) is 12.1 Å². The van der Waals surface area contributed by atoms with E-state index in [4.69, 9.17) is 4.74 Å². The first kappa shape index (κ1) is 10.0. The van der Waals surface area contributed by atoms with Crippen LogP contribution < -0.4 is 0 Å². The molecule has 1 aromatic carbocycles. The number of benzene rings is 1. The van der Waals surface area contributed by atoms with Crippen molar-refractivity contribution in [2.45, 2.75) is 6.42 Å². The van der Waals surface area contributed by atoms with Crippen LogP contribution in [0.4, 0.5) is 0 Å². The zero-order valence-electron chi connectivity index (χ0n) is 7.78. The Bertz CT molecular complexity index is 239. The second-order valence-electron chi connectivity index (χ2n) is 2.74. The molecular formula is C12H15O. The van der Waals surface area contributed by atoms with Gasteiger partial charge < -0.3 is 4.74 Å². The molecular weight excluding hydrogens is 160 g/mol. The Morgan fingerprint density at radius 3 is 2.62 bits per heavy atom. The number of rotatable bonds is 5. The van der Waals surface area contributed by atoms with Crippen LogP contribution in [-0.4, -0.2) is 13.2 Å². The fraction of sp³-hybridized carbons (Fsp3) is 0.250. The lowest BCUT2D eigenvalue weighted by Crippen LogP contribution is -1.88. The molecule has 0 heterocycles. The molecule has 0 fully saturated rings. The van der Waals surface area contributed by atoms with Crippen molar-refractivity contribution in [2.75, 3.05) is 13.2 Å². The first-order chi connectivity index (χ1) is 6.43. The predicted octanol–water partition coefficient (Wildman–Crippen LogP) is 2.64. The van der Waals surface area contributed by atoms with Crippen LogP contribution >= 0.6 is 0 Å². The Morgan fingerprint density at radius 1 is 1.15 bits per heavy atom. The van der Waals surface area contributed by atoms with Gasteiger partial charge in [0.05, 0.1) is 6.61 Å². The van der Waals surface area contributed by atoms with Crippen LogP contribution in [-0.2, 0) is 11.2 Å². The third-order valence-corrected chi connectivity index (χ3v) is 1.72. The molecule has 69 valence electrons. The molecule has 0 N–H and O–H groups in total. The lowest BCUT2D eigenvalue weighted by atomic mass is 10.1. The molecule has 0 aliphatic heterocycles. The Balaban J connectivity index is 2.23. The van der Waals surface area contributed by atoms with E-state index in [1.54, 1.807) is 0 Å². The monoisotopic (exact) mass is 175 g/mol. The van der Waals surface area contributed by atoms with E-state index in [-0.39, 0.29) is 0 Å². The highest BCUT2D eigenvalue weighted by molar-refractivity contribution is 5.17. The molecule has 1 rings (SSSR count). The maximum Gasteiger partial charge on any atom is 0.0647 e. The van der Waals surface area contributed by atoms with Crippen LogP contribution in [0.15, 0.2) is 42.5 Å². The topological polar surface area (TPSA) is 9.23 Å². The van der Waals surface area contributed by atoms with Crippen LogP contribution in [0.1, 0.15) is 5.56 Å². The molecule has 0 saturated heterocycles. The number of allylic oxidation sites excluding steroid dienone is 1. The van der Waals surface area contributed by atoms with E-state index < -0.39 is 0 Å². The smallest absolute Gasteiger partial charge is 0.0647 e. The second kappa shape index (κ2) is 6.44. The van der Waals surface area contributed by atoms with Crippen molar-refractivity contribution in [3.63, 3.8) is 0 Å². The summed E-state index contributed by atoms with van der Waals surface area (Å²) in [5.74, 6) is 0. The SMILES string of the molecule is [CH2]COCC=CCc1ccccc1. The van der Waals surface area contributed by atoms with Gasteiger partial charge in [0.2, 0.25) is 0 Å². The van der Waals surface area contributed by atoms with Crippen molar-refractivity contribution in [3.05, 3.63) is 55.0 Å². The Labute approximate surface area is 80.0 Å². The van der Waals surface area contributed by atoms with Crippen LogP contribution in [0.5, 0.6) is 0 Å². The molecule has 0 saturated carbocycles. The summed E-state index contributed by atoms with van der Waals surface area (Å²) in [7, 11) is 0. The van der Waals surface area contributed by atoms with E-state index in [0.29, 0.717) is 13.2 Å². The minimum atomic E-state index is 0.537. The zero-order valence-corrected chi connectivity index (χ0v) is 7.78. The minimum absolute atomic E-state index is 0.537. The van der Waals surface area contributed by atoms with Crippen molar-refractivity contribution in [1.29, 1.82) is 0 Å². The summed E-state index contributed by atoms with van der Waals surface area (Å²) in [6.07, 6.45) is 5.12. The van der Waals surface area contributed by atoms with Crippen LogP contribution in [0.2, 0.25) is 0 Å². The van der Waals surface area contributed by atoms with Gasteiger partial charge in [-0.1, -0.05) is 42.5 Å². The summed E-state index contributed by atoms with van der Waals surface area (Å²) in [6.45, 7) is 4.79. The standard InChI is InChI=1S/C12H15O/c1-2-13-11-7-6-10-12-8-4-3-5-9-12/h3-9H,1-2,10-11H2. The number of hydrogen-bond acceptors (Lipinski definition) is 1. The van der Waals surface area contributed by atoms with Crippen molar-refractivity contribution in [3.8, 4) is 0 Å². The Morgan fingerprint density at radius 2 is 1.92 bits per heavy atom. The molecule has 1 aromatic rings. The zero-order chi connectivity index (χ0) is 9.36. The normalized spacial score (nSPS) is 10.8. The average Bonchev–Trinajstić information content (AvgIpc) is 2.19. The van der Waals surface area contributed by atoms with Gasteiger partial charge in [0, 0.05) is 6.61 Å². The fourth-order valence-electron chi connectivity index (χ4n) is 1.05. The molecule has 0 amide bonds. The van der Waals surface area contributed by atoms with Gasteiger partial charge in [0.15, 0.2) is 0 Å². The third-order valence-electron chi connectivity index (χ3n) is 1.72. The molecule has 0 aliphatic carbocycles. The Hall–Kier alpha value is -1.08. The number of ether oxygens (including phenoxy) is 1. The lowest BCUT2D eigenvalue weighted by molar-refractivity contribution is 0.192. The van der Waals surface area contributed by atoms with E-state index in [9.17, 15) is 0 Å². The van der Waals surface area contributed by atoms with Gasteiger partial charge in [0.25, 0.3) is 0 Å². The van der Waals surface area contributed by atoms with Crippen molar-refractivity contribution >= 4 is 0 Å². The Kier molecular flexibility index (Phi) is 4.95. The summed E-state index contributed by atoms with van der Waals surface area (Å²) in [5, 5.41) is 0. The summed E-state index contributed by atoms with van der Waals surface area (Å²) >= 11 is 0. The second-order valence-corrected chi connectivity index (χ2v) is 2.74. The molecule has 13 heavy (non-hydrogen) atoms. The first-order valence-corrected chi connectivity index (χ1v) is 4.49. The average molecular weight is 175 g/mol.